The molecule has 1 aliphatic rings. The molecular weight excluding hydrogens is 352 g/mol. The molecule has 0 aromatic heterocycles. The van der Waals surface area contributed by atoms with Gasteiger partial charge in [-0.2, -0.15) is 0 Å². The smallest absolute Gasteiger partial charge is 0.165 e. The minimum Gasteiger partial charge on any atom is -0.301 e. The number of hydrogen-bond acceptors (Lipinski definition) is 3. The zero-order chi connectivity index (χ0) is 15.4. The number of benzene rings is 1. The van der Waals surface area contributed by atoms with Gasteiger partial charge in [-0.25, -0.2) is 0 Å². The largest absolute Gasteiger partial charge is 0.301 e. The Morgan fingerprint density at radius 3 is 2.86 bits per heavy atom. The molecule has 3 nitrogen and oxygen atoms in total. The molecule has 5 heteroatoms. The van der Waals surface area contributed by atoms with Crippen molar-refractivity contribution in [3.05, 3.63) is 33.3 Å². The van der Waals surface area contributed by atoms with Gasteiger partial charge in [-0.05, 0) is 31.7 Å². The first-order valence-corrected chi connectivity index (χ1v) is 8.59. The van der Waals surface area contributed by atoms with Crippen molar-refractivity contribution in [2.24, 2.45) is 0 Å². The summed E-state index contributed by atoms with van der Waals surface area (Å²) in [6, 6.07) is 6.04. The molecule has 21 heavy (non-hydrogen) atoms. The van der Waals surface area contributed by atoms with Gasteiger partial charge < -0.3 is 9.80 Å². The summed E-state index contributed by atoms with van der Waals surface area (Å²) < 4.78 is 0.897. The Kier molecular flexibility index (Phi) is 6.23. The number of rotatable bonds is 5. The second-order valence-corrected chi connectivity index (χ2v) is 6.96. The van der Waals surface area contributed by atoms with E-state index >= 15 is 0 Å². The molecule has 0 bridgehead atoms. The summed E-state index contributed by atoms with van der Waals surface area (Å²) in [5.74, 6) is 0.125. The first-order valence-electron chi connectivity index (χ1n) is 7.42. The van der Waals surface area contributed by atoms with Crippen molar-refractivity contribution < 1.29 is 4.79 Å². The standard InChI is InChI=1S/C16H22BrClN2O/c1-3-13-11-20(9-8-19(13)2)7-6-16(21)14-5-4-12(17)10-15(14)18/h4-5,10,13H,3,6-9,11H2,1-2H3. The van der Waals surface area contributed by atoms with E-state index < -0.39 is 0 Å². The maximum Gasteiger partial charge on any atom is 0.165 e. The van der Waals surface area contributed by atoms with Crippen LogP contribution in [0.1, 0.15) is 30.1 Å². The van der Waals surface area contributed by atoms with Crippen LogP contribution in [0.25, 0.3) is 0 Å². The maximum absolute atomic E-state index is 12.3. The third-order valence-corrected chi connectivity index (χ3v) is 5.03. The van der Waals surface area contributed by atoms with Crippen molar-refractivity contribution >= 4 is 33.3 Å². The monoisotopic (exact) mass is 372 g/mol. The lowest BCUT2D eigenvalue weighted by Crippen LogP contribution is -2.51. The zero-order valence-corrected chi connectivity index (χ0v) is 15.0. The van der Waals surface area contributed by atoms with Crippen molar-refractivity contribution in [3.8, 4) is 0 Å². The Morgan fingerprint density at radius 2 is 2.19 bits per heavy atom. The average molecular weight is 374 g/mol. The van der Waals surface area contributed by atoms with Crippen molar-refractivity contribution in [3.63, 3.8) is 0 Å². The third kappa shape index (κ3) is 4.52. The molecule has 1 heterocycles. The summed E-state index contributed by atoms with van der Waals surface area (Å²) in [5, 5.41) is 0.527. The maximum atomic E-state index is 12.3. The van der Waals surface area contributed by atoms with Crippen LogP contribution in [0, 0.1) is 0 Å². The van der Waals surface area contributed by atoms with Gasteiger partial charge in [-0.1, -0.05) is 34.5 Å². The van der Waals surface area contributed by atoms with E-state index in [-0.39, 0.29) is 5.78 Å². The lowest BCUT2D eigenvalue weighted by Gasteiger charge is -2.39. The number of carbonyl (C=O) groups is 1. The summed E-state index contributed by atoms with van der Waals surface area (Å²) in [7, 11) is 2.18. The molecule has 0 amide bonds. The Labute approximate surface area is 140 Å². The molecule has 1 unspecified atom stereocenters. The molecule has 0 N–H and O–H groups in total. The number of piperazine rings is 1. The van der Waals surface area contributed by atoms with E-state index in [0.29, 0.717) is 23.0 Å². The molecular formula is C16H22BrClN2O. The number of halogens is 2. The van der Waals surface area contributed by atoms with Crippen molar-refractivity contribution in [1.29, 1.82) is 0 Å². The van der Waals surface area contributed by atoms with E-state index in [4.69, 9.17) is 11.6 Å². The van der Waals surface area contributed by atoms with Gasteiger partial charge in [-0.15, -0.1) is 0 Å². The average Bonchev–Trinajstić information content (AvgIpc) is 2.46. The number of likely N-dealkylation sites (N-methyl/N-ethyl adjacent to an activating group) is 1. The summed E-state index contributed by atoms with van der Waals surface area (Å²) in [6.45, 7) is 6.20. The Balaban J connectivity index is 1.89. The van der Waals surface area contributed by atoms with E-state index in [2.05, 4.69) is 39.7 Å². The predicted octanol–water partition coefficient (Wildman–Crippen LogP) is 3.70. The summed E-state index contributed by atoms with van der Waals surface area (Å²) in [5.41, 5.74) is 0.626. The molecule has 1 aliphatic heterocycles. The molecule has 116 valence electrons. The Bertz CT molecular complexity index is 509. The van der Waals surface area contributed by atoms with Gasteiger partial charge in [0.05, 0.1) is 5.02 Å². The Hall–Kier alpha value is -0.420. The fraction of sp³-hybridized carbons (Fsp3) is 0.562. The minimum absolute atomic E-state index is 0.125. The number of Topliss-reactive ketones (excluding diaryl/α,β-unsaturated/α-hetero) is 1. The van der Waals surface area contributed by atoms with Crippen LogP contribution >= 0.6 is 27.5 Å². The second kappa shape index (κ2) is 7.73. The van der Waals surface area contributed by atoms with Crippen LogP contribution in [-0.4, -0.2) is 54.9 Å². The lowest BCUT2D eigenvalue weighted by atomic mass is 10.1. The SMILES string of the molecule is CCC1CN(CCC(=O)c2ccc(Br)cc2Cl)CCN1C. The molecule has 1 atom stereocenters. The number of carbonyl (C=O) groups excluding carboxylic acids is 1. The van der Waals surface area contributed by atoms with Gasteiger partial charge in [0.15, 0.2) is 5.78 Å². The molecule has 2 rings (SSSR count). The second-order valence-electron chi connectivity index (χ2n) is 5.64. The highest BCUT2D eigenvalue weighted by atomic mass is 79.9. The topological polar surface area (TPSA) is 23.6 Å². The fourth-order valence-electron chi connectivity index (χ4n) is 2.76. The normalized spacial score (nSPS) is 20.7. The van der Waals surface area contributed by atoms with Crippen molar-refractivity contribution in [1.82, 2.24) is 9.80 Å². The van der Waals surface area contributed by atoms with Gasteiger partial charge in [0.2, 0.25) is 0 Å². The van der Waals surface area contributed by atoms with Gasteiger partial charge >= 0.3 is 0 Å². The van der Waals surface area contributed by atoms with Crippen LogP contribution < -0.4 is 0 Å². The number of ketones is 1. The Morgan fingerprint density at radius 1 is 1.43 bits per heavy atom. The lowest BCUT2D eigenvalue weighted by molar-refractivity contribution is 0.0824. The summed E-state index contributed by atoms with van der Waals surface area (Å²) in [6.07, 6.45) is 1.68. The van der Waals surface area contributed by atoms with Gasteiger partial charge in [0.1, 0.15) is 0 Å². The van der Waals surface area contributed by atoms with Crippen LogP contribution in [0.2, 0.25) is 5.02 Å². The highest BCUT2D eigenvalue weighted by molar-refractivity contribution is 9.10. The minimum atomic E-state index is 0.125. The van der Waals surface area contributed by atoms with Gasteiger partial charge in [-0.3, -0.25) is 4.79 Å². The molecule has 1 fully saturated rings. The molecule has 0 saturated carbocycles. The van der Waals surface area contributed by atoms with E-state index in [1.807, 2.05) is 6.07 Å². The van der Waals surface area contributed by atoms with Crippen molar-refractivity contribution in [2.45, 2.75) is 25.8 Å². The van der Waals surface area contributed by atoms with Crippen molar-refractivity contribution in [2.75, 3.05) is 33.2 Å². The third-order valence-electron chi connectivity index (χ3n) is 4.22. The molecule has 1 aromatic rings. The number of hydrogen-bond donors (Lipinski definition) is 0. The fourth-order valence-corrected chi connectivity index (χ4v) is 3.54. The predicted molar refractivity (Wildman–Crippen MR) is 91.2 cm³/mol. The van der Waals surface area contributed by atoms with Crippen LogP contribution in [0.5, 0.6) is 0 Å². The summed E-state index contributed by atoms with van der Waals surface area (Å²) in [4.78, 5) is 17.1. The van der Waals surface area contributed by atoms with Crippen LogP contribution in [0.4, 0.5) is 0 Å². The number of nitrogens with zero attached hydrogens (tertiary/aromatic N) is 2. The van der Waals surface area contributed by atoms with E-state index in [1.54, 1.807) is 12.1 Å². The van der Waals surface area contributed by atoms with Crippen LogP contribution in [0.3, 0.4) is 0 Å². The molecule has 0 spiro atoms. The van der Waals surface area contributed by atoms with E-state index in [9.17, 15) is 4.79 Å². The van der Waals surface area contributed by atoms with E-state index in [1.165, 1.54) is 0 Å². The van der Waals surface area contributed by atoms with Crippen LogP contribution in [0.15, 0.2) is 22.7 Å². The zero-order valence-electron chi connectivity index (χ0n) is 12.6. The van der Waals surface area contributed by atoms with Gasteiger partial charge in [0.25, 0.3) is 0 Å². The highest BCUT2D eigenvalue weighted by Gasteiger charge is 2.23. The first kappa shape index (κ1) is 16.9. The first-order chi connectivity index (χ1) is 10.0. The summed E-state index contributed by atoms with van der Waals surface area (Å²) >= 11 is 9.50. The van der Waals surface area contributed by atoms with Crippen LogP contribution in [-0.2, 0) is 0 Å². The van der Waals surface area contributed by atoms with E-state index in [0.717, 1.165) is 37.1 Å². The molecule has 0 aliphatic carbocycles. The molecule has 1 aromatic carbocycles. The quantitative estimate of drug-likeness (QED) is 0.735. The molecule has 1 saturated heterocycles. The van der Waals surface area contributed by atoms with Gasteiger partial charge in [0, 0.05) is 48.7 Å². The highest BCUT2D eigenvalue weighted by Crippen LogP contribution is 2.22. The molecule has 0 radical (unpaired) electrons.